The fourth-order valence-corrected chi connectivity index (χ4v) is 4.01. The van der Waals surface area contributed by atoms with Gasteiger partial charge in [0.25, 0.3) is 0 Å². The van der Waals surface area contributed by atoms with E-state index >= 15 is 0 Å². The Kier molecular flexibility index (Phi) is 6.80. The van der Waals surface area contributed by atoms with E-state index in [0.29, 0.717) is 0 Å². The maximum Gasteiger partial charge on any atom is 0.339 e. The number of rotatable bonds is 4. The number of esters is 1. The van der Waals surface area contributed by atoms with Crippen molar-refractivity contribution in [1.82, 2.24) is 10.0 Å². The van der Waals surface area contributed by atoms with Gasteiger partial charge in [0.15, 0.2) is 0 Å². The summed E-state index contributed by atoms with van der Waals surface area (Å²) in [7, 11) is -2.53. The van der Waals surface area contributed by atoms with E-state index in [-0.39, 0.29) is 34.8 Å². The van der Waals surface area contributed by atoms with Crippen molar-refractivity contribution in [3.63, 3.8) is 0 Å². The number of piperidine rings is 1. The van der Waals surface area contributed by atoms with E-state index in [1.54, 1.807) is 12.1 Å². The molecule has 0 aromatic heterocycles. The first-order chi connectivity index (χ1) is 9.95. The van der Waals surface area contributed by atoms with Crippen LogP contribution in [0.25, 0.3) is 0 Å². The molecule has 8 heteroatoms. The van der Waals surface area contributed by atoms with Crippen LogP contribution in [0.15, 0.2) is 29.2 Å². The number of carbonyl (C=O) groups excluding carboxylic acids is 1. The lowest BCUT2D eigenvalue weighted by Gasteiger charge is -2.30. The first-order valence-corrected chi connectivity index (χ1v) is 8.34. The third kappa shape index (κ3) is 4.19. The average molecular weight is 349 g/mol. The van der Waals surface area contributed by atoms with Gasteiger partial charge >= 0.3 is 5.97 Å². The Morgan fingerprint density at radius 3 is 2.68 bits per heavy atom. The molecule has 0 bridgehead atoms. The minimum Gasteiger partial charge on any atom is -0.465 e. The van der Waals surface area contributed by atoms with Gasteiger partial charge in [-0.2, -0.15) is 0 Å². The molecular formula is C14H21ClN2O4S. The number of hydrogen-bond acceptors (Lipinski definition) is 5. The summed E-state index contributed by atoms with van der Waals surface area (Å²) in [4.78, 5) is 11.7. The summed E-state index contributed by atoms with van der Waals surface area (Å²) in [5.41, 5.74) is 0.0501. The topological polar surface area (TPSA) is 84.5 Å². The van der Waals surface area contributed by atoms with Gasteiger partial charge in [0.2, 0.25) is 10.0 Å². The van der Waals surface area contributed by atoms with Gasteiger partial charge in [0.1, 0.15) is 0 Å². The third-order valence-corrected chi connectivity index (χ3v) is 5.22. The molecule has 124 valence electrons. The normalized spacial score (nSPS) is 21.7. The Bertz CT molecular complexity index is 621. The molecule has 0 saturated carbocycles. The molecule has 0 spiro atoms. The van der Waals surface area contributed by atoms with Crippen LogP contribution in [-0.2, 0) is 14.8 Å². The van der Waals surface area contributed by atoms with Gasteiger partial charge in [-0.15, -0.1) is 12.4 Å². The predicted molar refractivity (Wildman–Crippen MR) is 85.8 cm³/mol. The van der Waals surface area contributed by atoms with E-state index in [0.717, 1.165) is 19.5 Å². The largest absolute Gasteiger partial charge is 0.465 e. The molecule has 1 fully saturated rings. The second-order valence-electron chi connectivity index (χ2n) is 5.19. The van der Waals surface area contributed by atoms with Crippen molar-refractivity contribution in [1.29, 1.82) is 0 Å². The number of benzene rings is 1. The van der Waals surface area contributed by atoms with E-state index in [4.69, 9.17) is 0 Å². The lowest BCUT2D eigenvalue weighted by molar-refractivity contribution is 0.0596. The van der Waals surface area contributed by atoms with E-state index in [2.05, 4.69) is 14.8 Å². The van der Waals surface area contributed by atoms with Crippen molar-refractivity contribution in [2.45, 2.75) is 24.3 Å². The molecule has 0 aliphatic carbocycles. The molecule has 6 nitrogen and oxygen atoms in total. The predicted octanol–water partition coefficient (Wildman–Crippen LogP) is 1.17. The highest BCUT2D eigenvalue weighted by atomic mass is 35.5. The third-order valence-electron chi connectivity index (χ3n) is 3.67. The van der Waals surface area contributed by atoms with Crippen LogP contribution in [0.4, 0.5) is 0 Å². The zero-order valence-corrected chi connectivity index (χ0v) is 14.2. The number of sulfonamides is 1. The van der Waals surface area contributed by atoms with Crippen molar-refractivity contribution in [3.05, 3.63) is 29.8 Å². The number of carbonyl (C=O) groups is 1. The summed E-state index contributed by atoms with van der Waals surface area (Å²) in [6.07, 6.45) is 0.723. The molecule has 2 atom stereocenters. The Labute approximate surface area is 137 Å². The van der Waals surface area contributed by atoms with E-state index in [9.17, 15) is 13.2 Å². The minimum absolute atomic E-state index is 0. The fourth-order valence-electron chi connectivity index (χ4n) is 2.43. The van der Waals surface area contributed by atoms with Crippen LogP contribution in [-0.4, -0.2) is 40.6 Å². The number of hydrogen-bond donors (Lipinski definition) is 2. The molecule has 2 rings (SSSR count). The Morgan fingerprint density at radius 2 is 2.05 bits per heavy atom. The first kappa shape index (κ1) is 18.9. The highest BCUT2D eigenvalue weighted by molar-refractivity contribution is 7.89. The van der Waals surface area contributed by atoms with E-state index in [1.165, 1.54) is 19.2 Å². The molecular weight excluding hydrogens is 328 g/mol. The van der Waals surface area contributed by atoms with Crippen molar-refractivity contribution in [3.8, 4) is 0 Å². The molecule has 2 unspecified atom stereocenters. The zero-order chi connectivity index (χ0) is 15.5. The van der Waals surface area contributed by atoms with Crippen LogP contribution in [0.5, 0.6) is 0 Å². The Hall–Kier alpha value is -1.15. The monoisotopic (exact) mass is 348 g/mol. The van der Waals surface area contributed by atoms with Crippen LogP contribution >= 0.6 is 12.4 Å². The Morgan fingerprint density at radius 1 is 1.36 bits per heavy atom. The lowest BCUT2D eigenvalue weighted by Crippen LogP contribution is -2.48. The van der Waals surface area contributed by atoms with Crippen LogP contribution in [0, 0.1) is 5.92 Å². The molecule has 1 aromatic rings. The van der Waals surface area contributed by atoms with Crippen LogP contribution < -0.4 is 10.0 Å². The smallest absolute Gasteiger partial charge is 0.339 e. The van der Waals surface area contributed by atoms with Crippen LogP contribution in [0.2, 0.25) is 0 Å². The van der Waals surface area contributed by atoms with E-state index < -0.39 is 16.0 Å². The molecule has 0 radical (unpaired) electrons. The molecule has 22 heavy (non-hydrogen) atoms. The average Bonchev–Trinajstić information content (AvgIpc) is 2.48. The van der Waals surface area contributed by atoms with Gasteiger partial charge in [-0.25, -0.2) is 17.9 Å². The van der Waals surface area contributed by atoms with Gasteiger partial charge in [0.05, 0.1) is 17.6 Å². The van der Waals surface area contributed by atoms with Crippen molar-refractivity contribution < 1.29 is 17.9 Å². The summed E-state index contributed by atoms with van der Waals surface area (Å²) in [6.45, 7) is 3.54. The van der Waals surface area contributed by atoms with Gasteiger partial charge in [-0.05, 0) is 37.6 Å². The SMILES string of the molecule is COC(=O)c1ccccc1S(=O)(=O)NC1CCNCC1C.Cl. The highest BCUT2D eigenvalue weighted by Crippen LogP contribution is 2.19. The summed E-state index contributed by atoms with van der Waals surface area (Å²) in [6, 6.07) is 5.93. The molecule has 0 amide bonds. The molecule has 1 aliphatic heterocycles. The van der Waals surface area contributed by atoms with E-state index in [1.807, 2.05) is 6.92 Å². The van der Waals surface area contributed by atoms with Crippen molar-refractivity contribution in [2.75, 3.05) is 20.2 Å². The molecule has 1 saturated heterocycles. The summed E-state index contributed by atoms with van der Waals surface area (Å²) in [5.74, 6) is -0.465. The van der Waals surface area contributed by atoms with Crippen molar-refractivity contribution >= 4 is 28.4 Å². The number of nitrogens with one attached hydrogen (secondary N) is 2. The van der Waals surface area contributed by atoms with Gasteiger partial charge < -0.3 is 10.1 Å². The number of ether oxygens (including phenoxy) is 1. The highest BCUT2D eigenvalue weighted by Gasteiger charge is 2.29. The van der Waals surface area contributed by atoms with Crippen LogP contribution in [0.1, 0.15) is 23.7 Å². The number of halogens is 1. The second kappa shape index (κ2) is 7.92. The summed E-state index contributed by atoms with van der Waals surface area (Å²) < 4.78 is 32.4. The standard InChI is InChI=1S/C14H20N2O4S.ClH/c1-10-9-15-8-7-12(10)16-21(18,19)13-6-4-3-5-11(13)14(17)20-2;/h3-6,10,12,15-16H,7-9H2,1-2H3;1H. The maximum absolute atomic E-state index is 12.5. The lowest BCUT2D eigenvalue weighted by atomic mass is 9.97. The zero-order valence-electron chi connectivity index (χ0n) is 12.5. The van der Waals surface area contributed by atoms with Gasteiger partial charge in [-0.1, -0.05) is 19.1 Å². The van der Waals surface area contributed by atoms with Gasteiger partial charge in [-0.3, -0.25) is 0 Å². The summed E-state index contributed by atoms with van der Waals surface area (Å²) in [5, 5.41) is 3.22. The quantitative estimate of drug-likeness (QED) is 0.798. The maximum atomic E-state index is 12.5. The number of methoxy groups -OCH3 is 1. The molecule has 1 aromatic carbocycles. The van der Waals surface area contributed by atoms with Gasteiger partial charge in [0, 0.05) is 6.04 Å². The fraction of sp³-hybridized carbons (Fsp3) is 0.500. The minimum atomic E-state index is -3.76. The van der Waals surface area contributed by atoms with Crippen molar-refractivity contribution in [2.24, 2.45) is 5.92 Å². The summed E-state index contributed by atoms with van der Waals surface area (Å²) >= 11 is 0. The Balaban J connectivity index is 0.00000242. The second-order valence-corrected chi connectivity index (χ2v) is 6.87. The molecule has 1 aliphatic rings. The van der Waals surface area contributed by atoms with Crippen LogP contribution in [0.3, 0.4) is 0 Å². The first-order valence-electron chi connectivity index (χ1n) is 6.86. The molecule has 1 heterocycles. The molecule has 2 N–H and O–H groups in total.